The minimum Gasteiger partial charge on any atom is -0.358 e. The molecule has 2 aromatic carbocycles. The standard InChI is InChI=1S/C20H17BrN4O3/c21-18-12-24(23-19(18)25(27)28)11-13-3-1-6-16(9-13)20(26)22-17-8-7-14-4-2-5-15(14)10-17/h1,3,6-10,12H,2,4-5,11H2,(H,22,26). The number of carbonyl (C=O) groups is 1. The molecular weight excluding hydrogens is 424 g/mol. The summed E-state index contributed by atoms with van der Waals surface area (Å²) < 4.78 is 1.79. The molecule has 0 saturated carbocycles. The van der Waals surface area contributed by atoms with Gasteiger partial charge in [-0.1, -0.05) is 18.2 Å². The summed E-state index contributed by atoms with van der Waals surface area (Å²) in [5, 5.41) is 17.8. The molecule has 1 amide bonds. The third-order valence-corrected chi connectivity index (χ3v) is 5.32. The predicted octanol–water partition coefficient (Wildman–Crippen LogP) is 4.34. The van der Waals surface area contributed by atoms with E-state index in [0.29, 0.717) is 16.6 Å². The van der Waals surface area contributed by atoms with Crippen LogP contribution in [0.15, 0.2) is 53.1 Å². The molecule has 1 aliphatic rings. The van der Waals surface area contributed by atoms with E-state index in [1.165, 1.54) is 15.8 Å². The van der Waals surface area contributed by atoms with Crippen molar-refractivity contribution in [3.63, 3.8) is 0 Å². The molecule has 0 radical (unpaired) electrons. The topological polar surface area (TPSA) is 90.1 Å². The van der Waals surface area contributed by atoms with E-state index in [0.717, 1.165) is 30.5 Å². The van der Waals surface area contributed by atoms with Gasteiger partial charge >= 0.3 is 5.82 Å². The van der Waals surface area contributed by atoms with Crippen LogP contribution in [0, 0.1) is 10.1 Å². The van der Waals surface area contributed by atoms with E-state index >= 15 is 0 Å². The van der Waals surface area contributed by atoms with Crippen molar-refractivity contribution in [1.82, 2.24) is 9.78 Å². The lowest BCUT2D eigenvalue weighted by Gasteiger charge is -2.08. The highest BCUT2D eigenvalue weighted by Crippen LogP contribution is 2.25. The maximum absolute atomic E-state index is 12.6. The predicted molar refractivity (Wildman–Crippen MR) is 109 cm³/mol. The van der Waals surface area contributed by atoms with Gasteiger partial charge in [-0.05, 0) is 81.1 Å². The van der Waals surface area contributed by atoms with Crippen LogP contribution in [0.25, 0.3) is 0 Å². The summed E-state index contributed by atoms with van der Waals surface area (Å²) in [5.41, 5.74) is 4.81. The van der Waals surface area contributed by atoms with Crippen LogP contribution in [-0.4, -0.2) is 20.6 Å². The van der Waals surface area contributed by atoms with Crippen LogP contribution in [0.1, 0.15) is 33.5 Å². The highest BCUT2D eigenvalue weighted by molar-refractivity contribution is 9.10. The Hall–Kier alpha value is -3.00. The van der Waals surface area contributed by atoms with E-state index in [-0.39, 0.29) is 11.7 Å². The summed E-state index contributed by atoms with van der Waals surface area (Å²) in [5.74, 6) is -0.419. The zero-order valence-corrected chi connectivity index (χ0v) is 16.5. The summed E-state index contributed by atoms with van der Waals surface area (Å²) in [6.07, 6.45) is 4.87. The molecule has 0 atom stereocenters. The number of amides is 1. The van der Waals surface area contributed by atoms with Crippen LogP contribution < -0.4 is 5.32 Å². The van der Waals surface area contributed by atoms with E-state index in [1.807, 2.05) is 18.2 Å². The fraction of sp³-hybridized carbons (Fsp3) is 0.200. The van der Waals surface area contributed by atoms with Gasteiger partial charge in [-0.2, -0.15) is 4.68 Å². The van der Waals surface area contributed by atoms with Crippen LogP contribution in [0.5, 0.6) is 0 Å². The highest BCUT2D eigenvalue weighted by atomic mass is 79.9. The Labute approximate surface area is 169 Å². The van der Waals surface area contributed by atoms with E-state index < -0.39 is 4.92 Å². The molecule has 0 saturated heterocycles. The third-order valence-electron chi connectivity index (χ3n) is 4.76. The molecule has 4 rings (SSSR count). The normalized spacial score (nSPS) is 12.6. The Kier molecular flexibility index (Phi) is 4.95. The summed E-state index contributed by atoms with van der Waals surface area (Å²) in [7, 11) is 0. The molecular formula is C20H17BrN4O3. The number of rotatable bonds is 5. The maximum atomic E-state index is 12.6. The molecule has 8 heteroatoms. The van der Waals surface area contributed by atoms with Gasteiger partial charge in [0, 0.05) is 11.3 Å². The third kappa shape index (κ3) is 3.82. The number of hydrogen-bond acceptors (Lipinski definition) is 4. The van der Waals surface area contributed by atoms with Gasteiger partial charge in [0.05, 0.1) is 17.8 Å². The molecule has 0 spiro atoms. The number of benzene rings is 2. The van der Waals surface area contributed by atoms with Crippen molar-refractivity contribution in [2.24, 2.45) is 0 Å². The minimum atomic E-state index is -0.541. The van der Waals surface area contributed by atoms with Gasteiger partial charge in [0.25, 0.3) is 5.91 Å². The van der Waals surface area contributed by atoms with E-state index in [2.05, 4.69) is 32.4 Å². The van der Waals surface area contributed by atoms with Gasteiger partial charge in [-0.25, -0.2) is 0 Å². The van der Waals surface area contributed by atoms with Crippen molar-refractivity contribution in [1.29, 1.82) is 0 Å². The van der Waals surface area contributed by atoms with Crippen LogP contribution >= 0.6 is 15.9 Å². The van der Waals surface area contributed by atoms with E-state index in [9.17, 15) is 14.9 Å². The second kappa shape index (κ2) is 7.55. The second-order valence-corrected chi connectivity index (χ2v) is 7.60. The molecule has 28 heavy (non-hydrogen) atoms. The largest absolute Gasteiger partial charge is 0.404 e. The van der Waals surface area contributed by atoms with Gasteiger partial charge in [0.2, 0.25) is 0 Å². The van der Waals surface area contributed by atoms with Gasteiger partial charge in [0.15, 0.2) is 0 Å². The number of hydrogen-bond donors (Lipinski definition) is 1. The monoisotopic (exact) mass is 440 g/mol. The smallest absolute Gasteiger partial charge is 0.358 e. The molecule has 1 aromatic heterocycles. The van der Waals surface area contributed by atoms with Crippen LogP contribution in [0.2, 0.25) is 0 Å². The number of nitrogens with zero attached hydrogens (tertiary/aromatic N) is 3. The van der Waals surface area contributed by atoms with Crippen molar-refractivity contribution >= 4 is 33.3 Å². The molecule has 142 valence electrons. The molecule has 1 N–H and O–H groups in total. The molecule has 1 heterocycles. The summed E-state index contributed by atoms with van der Waals surface area (Å²) in [6.45, 7) is 0.326. The van der Waals surface area contributed by atoms with Crippen molar-refractivity contribution in [2.75, 3.05) is 5.32 Å². The lowest BCUT2D eigenvalue weighted by Crippen LogP contribution is -2.13. The number of aromatic nitrogens is 2. The van der Waals surface area contributed by atoms with E-state index in [1.54, 1.807) is 24.4 Å². The number of nitrogens with one attached hydrogen (secondary N) is 1. The SMILES string of the molecule is O=C(Nc1ccc2c(c1)CCC2)c1cccc(Cn2cc(Br)c([N+](=O)[O-])n2)c1. The molecule has 1 aliphatic carbocycles. The molecule has 0 fully saturated rings. The zero-order valence-electron chi connectivity index (χ0n) is 14.9. The van der Waals surface area contributed by atoms with Gasteiger partial charge in [-0.3, -0.25) is 4.79 Å². The average Bonchev–Trinajstić information content (AvgIpc) is 3.27. The van der Waals surface area contributed by atoms with Gasteiger partial charge in [-0.15, -0.1) is 0 Å². The van der Waals surface area contributed by atoms with Crippen molar-refractivity contribution < 1.29 is 9.72 Å². The van der Waals surface area contributed by atoms with E-state index in [4.69, 9.17) is 0 Å². The number of halogens is 1. The number of aryl methyl sites for hydroxylation is 2. The first kappa shape index (κ1) is 18.4. The summed E-state index contributed by atoms with van der Waals surface area (Å²) in [4.78, 5) is 23.0. The Bertz CT molecular complexity index is 1080. The Balaban J connectivity index is 1.49. The average molecular weight is 441 g/mol. The first-order valence-electron chi connectivity index (χ1n) is 8.89. The number of anilines is 1. The second-order valence-electron chi connectivity index (χ2n) is 6.75. The number of carbonyl (C=O) groups excluding carboxylic acids is 1. The van der Waals surface area contributed by atoms with Gasteiger partial charge < -0.3 is 15.4 Å². The summed E-state index contributed by atoms with van der Waals surface area (Å²) in [6, 6.07) is 13.2. The number of nitro groups is 1. The number of fused-ring (bicyclic) bond motifs is 1. The Morgan fingerprint density at radius 1 is 1.21 bits per heavy atom. The van der Waals surface area contributed by atoms with Crippen LogP contribution in [0.3, 0.4) is 0 Å². The first-order chi connectivity index (χ1) is 13.5. The van der Waals surface area contributed by atoms with Crippen molar-refractivity contribution in [3.8, 4) is 0 Å². The molecule has 0 aliphatic heterocycles. The minimum absolute atomic E-state index is 0.188. The highest BCUT2D eigenvalue weighted by Gasteiger charge is 2.19. The quantitative estimate of drug-likeness (QED) is 0.471. The Morgan fingerprint density at radius 2 is 2.04 bits per heavy atom. The fourth-order valence-electron chi connectivity index (χ4n) is 3.44. The summed E-state index contributed by atoms with van der Waals surface area (Å²) >= 11 is 3.14. The lowest BCUT2D eigenvalue weighted by molar-refractivity contribution is -0.390. The maximum Gasteiger partial charge on any atom is 0.404 e. The first-order valence-corrected chi connectivity index (χ1v) is 9.68. The van der Waals surface area contributed by atoms with Gasteiger partial charge in [0.1, 0.15) is 4.47 Å². The van der Waals surface area contributed by atoms with Crippen LogP contribution in [-0.2, 0) is 19.4 Å². The zero-order chi connectivity index (χ0) is 19.7. The Morgan fingerprint density at radius 3 is 2.82 bits per heavy atom. The molecule has 3 aromatic rings. The molecule has 0 unspecified atom stereocenters. The van der Waals surface area contributed by atoms with Crippen molar-refractivity contribution in [3.05, 3.63) is 85.5 Å². The van der Waals surface area contributed by atoms with Crippen LogP contribution in [0.4, 0.5) is 11.5 Å². The van der Waals surface area contributed by atoms with Crippen molar-refractivity contribution in [2.45, 2.75) is 25.8 Å². The molecule has 7 nitrogen and oxygen atoms in total. The molecule has 0 bridgehead atoms. The lowest BCUT2D eigenvalue weighted by atomic mass is 10.1. The fourth-order valence-corrected chi connectivity index (χ4v) is 3.90.